The summed E-state index contributed by atoms with van der Waals surface area (Å²) in [6.45, 7) is 3.36. The van der Waals surface area contributed by atoms with Gasteiger partial charge in [0.1, 0.15) is 0 Å². The van der Waals surface area contributed by atoms with Crippen molar-refractivity contribution in [2.45, 2.75) is 51.0 Å². The van der Waals surface area contributed by atoms with Gasteiger partial charge in [-0.2, -0.15) is 11.8 Å². The second-order valence-electron chi connectivity index (χ2n) is 4.58. The van der Waals surface area contributed by atoms with Gasteiger partial charge in [0.15, 0.2) is 0 Å². The van der Waals surface area contributed by atoms with Gasteiger partial charge in [-0.25, -0.2) is 0 Å². The van der Waals surface area contributed by atoms with Crippen molar-refractivity contribution < 1.29 is 4.74 Å². The summed E-state index contributed by atoms with van der Waals surface area (Å²) in [6.07, 6.45) is 11.9. The molecule has 1 rings (SSSR count). The molecular weight excluding hydrogens is 218 g/mol. The molecule has 3 heteroatoms. The van der Waals surface area contributed by atoms with Gasteiger partial charge in [-0.05, 0) is 63.6 Å². The maximum Gasteiger partial charge on any atom is 0.0576 e. The molecule has 1 aliphatic heterocycles. The molecule has 0 aliphatic carbocycles. The normalized spacial score (nSPS) is 20.4. The van der Waals surface area contributed by atoms with Crippen molar-refractivity contribution >= 4 is 11.8 Å². The van der Waals surface area contributed by atoms with Crippen LogP contribution >= 0.6 is 11.8 Å². The number of ether oxygens (including phenoxy) is 1. The van der Waals surface area contributed by atoms with Gasteiger partial charge in [0.05, 0.1) is 6.10 Å². The van der Waals surface area contributed by atoms with Gasteiger partial charge in [0.25, 0.3) is 0 Å². The van der Waals surface area contributed by atoms with Gasteiger partial charge in [-0.3, -0.25) is 0 Å². The fraction of sp³-hybridized carbons (Fsp3) is 1.00. The molecule has 1 unspecified atom stereocenters. The molecule has 0 saturated carbocycles. The minimum atomic E-state index is 0.573. The van der Waals surface area contributed by atoms with Crippen molar-refractivity contribution in [3.05, 3.63) is 0 Å². The van der Waals surface area contributed by atoms with Crippen molar-refractivity contribution in [1.29, 1.82) is 0 Å². The maximum atomic E-state index is 5.59. The average Bonchev–Trinajstić information content (AvgIpc) is 2.80. The second kappa shape index (κ2) is 10.4. The van der Waals surface area contributed by atoms with E-state index in [1.54, 1.807) is 0 Å². The van der Waals surface area contributed by atoms with Gasteiger partial charge < -0.3 is 10.1 Å². The van der Waals surface area contributed by atoms with Gasteiger partial charge in [-0.15, -0.1) is 0 Å². The van der Waals surface area contributed by atoms with Crippen LogP contribution in [0.4, 0.5) is 0 Å². The first kappa shape index (κ1) is 14.3. The lowest BCUT2D eigenvalue weighted by molar-refractivity contribution is 0.102. The zero-order valence-corrected chi connectivity index (χ0v) is 11.5. The minimum Gasteiger partial charge on any atom is -0.378 e. The molecule has 1 atom stereocenters. The van der Waals surface area contributed by atoms with Crippen LogP contribution in [0, 0.1) is 0 Å². The predicted molar refractivity (Wildman–Crippen MR) is 73.3 cm³/mol. The Bertz CT molecular complexity index is 149. The molecule has 0 aromatic rings. The van der Waals surface area contributed by atoms with E-state index in [1.165, 1.54) is 63.8 Å². The summed E-state index contributed by atoms with van der Waals surface area (Å²) in [4.78, 5) is 0. The molecule has 16 heavy (non-hydrogen) atoms. The van der Waals surface area contributed by atoms with Crippen LogP contribution in [0.2, 0.25) is 0 Å². The van der Waals surface area contributed by atoms with E-state index in [2.05, 4.69) is 11.6 Å². The fourth-order valence-corrected chi connectivity index (χ4v) is 2.62. The number of thioether (sulfide) groups is 1. The summed E-state index contributed by atoms with van der Waals surface area (Å²) in [7, 11) is 0. The van der Waals surface area contributed by atoms with Crippen LogP contribution in [-0.4, -0.2) is 37.8 Å². The van der Waals surface area contributed by atoms with E-state index in [4.69, 9.17) is 4.74 Å². The fourth-order valence-electron chi connectivity index (χ4n) is 2.12. The van der Waals surface area contributed by atoms with Crippen LogP contribution in [-0.2, 0) is 4.74 Å². The Hall–Kier alpha value is 0.270. The number of hydrogen-bond donors (Lipinski definition) is 1. The molecule has 1 N–H and O–H groups in total. The topological polar surface area (TPSA) is 21.3 Å². The average molecular weight is 245 g/mol. The van der Waals surface area contributed by atoms with Crippen molar-refractivity contribution in [2.24, 2.45) is 0 Å². The highest BCUT2D eigenvalue weighted by molar-refractivity contribution is 7.98. The molecule has 1 aliphatic rings. The van der Waals surface area contributed by atoms with E-state index in [9.17, 15) is 0 Å². The summed E-state index contributed by atoms with van der Waals surface area (Å²) >= 11 is 1.95. The largest absolute Gasteiger partial charge is 0.378 e. The number of unbranched alkanes of at least 4 members (excludes halogenated alkanes) is 2. The smallest absolute Gasteiger partial charge is 0.0576 e. The number of rotatable bonds is 10. The van der Waals surface area contributed by atoms with Crippen LogP contribution in [0.25, 0.3) is 0 Å². The van der Waals surface area contributed by atoms with Crippen LogP contribution in [0.5, 0.6) is 0 Å². The molecule has 1 heterocycles. The zero-order valence-electron chi connectivity index (χ0n) is 10.7. The lowest BCUT2D eigenvalue weighted by Crippen LogP contribution is -2.18. The molecule has 1 saturated heterocycles. The van der Waals surface area contributed by atoms with Gasteiger partial charge in [0.2, 0.25) is 0 Å². The van der Waals surface area contributed by atoms with Crippen molar-refractivity contribution in [1.82, 2.24) is 5.32 Å². The minimum absolute atomic E-state index is 0.573. The first-order valence-electron chi connectivity index (χ1n) is 6.74. The van der Waals surface area contributed by atoms with Crippen molar-refractivity contribution in [3.8, 4) is 0 Å². The molecule has 0 amide bonds. The van der Waals surface area contributed by atoms with Crippen LogP contribution in [0.3, 0.4) is 0 Å². The number of nitrogens with one attached hydrogen (secondary N) is 1. The van der Waals surface area contributed by atoms with E-state index in [0.717, 1.165) is 6.61 Å². The Balaban J connectivity index is 1.71. The molecule has 0 spiro atoms. The first-order chi connectivity index (χ1) is 7.93. The zero-order chi connectivity index (χ0) is 11.5. The highest BCUT2D eigenvalue weighted by Crippen LogP contribution is 2.16. The molecule has 2 nitrogen and oxygen atoms in total. The highest BCUT2D eigenvalue weighted by Gasteiger charge is 2.13. The molecule has 96 valence electrons. The van der Waals surface area contributed by atoms with Gasteiger partial charge in [0, 0.05) is 6.61 Å². The second-order valence-corrected chi connectivity index (χ2v) is 5.57. The monoisotopic (exact) mass is 245 g/mol. The maximum absolute atomic E-state index is 5.59. The summed E-state index contributed by atoms with van der Waals surface area (Å²) in [5.41, 5.74) is 0. The SMILES string of the molecule is CSCCCCCNCCCC1CCCO1. The predicted octanol–water partition coefficient (Wildman–Crippen LogP) is 3.07. The summed E-state index contributed by atoms with van der Waals surface area (Å²) < 4.78 is 5.59. The van der Waals surface area contributed by atoms with E-state index >= 15 is 0 Å². The molecule has 0 radical (unpaired) electrons. The van der Waals surface area contributed by atoms with Crippen LogP contribution < -0.4 is 5.32 Å². The third-order valence-electron chi connectivity index (χ3n) is 3.11. The first-order valence-corrected chi connectivity index (χ1v) is 8.14. The Morgan fingerprint density at radius 1 is 1.19 bits per heavy atom. The van der Waals surface area contributed by atoms with Crippen LogP contribution in [0.15, 0.2) is 0 Å². The standard InChI is InChI=1S/C13H27NOS/c1-16-12-4-2-3-9-14-10-5-7-13-8-6-11-15-13/h13-14H,2-12H2,1H3. The molecule has 0 bridgehead atoms. The Labute approximate surface area is 105 Å². The third kappa shape index (κ3) is 7.53. The lowest BCUT2D eigenvalue weighted by atomic mass is 10.1. The summed E-state index contributed by atoms with van der Waals surface area (Å²) in [5.74, 6) is 1.32. The number of hydrogen-bond acceptors (Lipinski definition) is 3. The van der Waals surface area contributed by atoms with E-state index in [-0.39, 0.29) is 0 Å². The van der Waals surface area contributed by atoms with Crippen LogP contribution in [0.1, 0.15) is 44.9 Å². The van der Waals surface area contributed by atoms with E-state index in [1.807, 2.05) is 11.8 Å². The molecule has 0 aromatic carbocycles. The quantitative estimate of drug-likeness (QED) is 0.598. The van der Waals surface area contributed by atoms with Crippen molar-refractivity contribution in [3.63, 3.8) is 0 Å². The molecular formula is C13H27NOS. The highest BCUT2D eigenvalue weighted by atomic mass is 32.2. The van der Waals surface area contributed by atoms with Crippen molar-refractivity contribution in [2.75, 3.05) is 31.7 Å². The van der Waals surface area contributed by atoms with E-state index < -0.39 is 0 Å². The molecule has 0 aromatic heterocycles. The van der Waals surface area contributed by atoms with Gasteiger partial charge in [-0.1, -0.05) is 6.42 Å². The Morgan fingerprint density at radius 2 is 2.06 bits per heavy atom. The Kier molecular flexibility index (Phi) is 9.34. The molecule has 1 fully saturated rings. The Morgan fingerprint density at radius 3 is 2.81 bits per heavy atom. The van der Waals surface area contributed by atoms with Gasteiger partial charge >= 0.3 is 0 Å². The lowest BCUT2D eigenvalue weighted by Gasteiger charge is -2.09. The summed E-state index contributed by atoms with van der Waals surface area (Å²) in [6, 6.07) is 0. The third-order valence-corrected chi connectivity index (χ3v) is 3.80. The summed E-state index contributed by atoms with van der Waals surface area (Å²) in [5, 5.41) is 3.52. The van der Waals surface area contributed by atoms with E-state index in [0.29, 0.717) is 6.10 Å².